The number of carboxylic acid groups (broad SMARTS) is 1. The average molecular weight is 471 g/mol. The van der Waals surface area contributed by atoms with Gasteiger partial charge >= 0.3 is 11.9 Å². The third-order valence-corrected chi connectivity index (χ3v) is 7.42. The molecule has 0 saturated carbocycles. The summed E-state index contributed by atoms with van der Waals surface area (Å²) in [6.45, 7) is 9.25. The van der Waals surface area contributed by atoms with E-state index in [9.17, 15) is 9.59 Å². The van der Waals surface area contributed by atoms with Gasteiger partial charge in [-0.2, -0.15) is 0 Å². The van der Waals surface area contributed by atoms with Crippen LogP contribution in [0, 0.1) is 0 Å². The van der Waals surface area contributed by atoms with Gasteiger partial charge in [-0.25, -0.2) is 4.79 Å². The molecule has 0 aliphatic heterocycles. The Morgan fingerprint density at radius 2 is 1.49 bits per heavy atom. The second kappa shape index (κ2) is 9.69. The van der Waals surface area contributed by atoms with E-state index in [1.807, 2.05) is 18.2 Å². The van der Waals surface area contributed by atoms with Gasteiger partial charge < -0.3 is 9.84 Å². The van der Waals surface area contributed by atoms with Crippen LogP contribution in [0.5, 0.6) is 5.75 Å². The monoisotopic (exact) mass is 470 g/mol. The summed E-state index contributed by atoms with van der Waals surface area (Å²) in [5.41, 5.74) is 5.49. The Kier molecular flexibility index (Phi) is 6.84. The average Bonchev–Trinajstić information content (AvgIpc) is 2.82. The zero-order valence-electron chi connectivity index (χ0n) is 21.0. The van der Waals surface area contributed by atoms with Crippen molar-refractivity contribution in [1.82, 2.24) is 0 Å². The molecule has 1 atom stereocenters. The molecular weight excluding hydrogens is 436 g/mol. The van der Waals surface area contributed by atoms with Gasteiger partial charge in [0.15, 0.2) is 0 Å². The molecule has 0 amide bonds. The highest BCUT2D eigenvalue weighted by molar-refractivity contribution is 5.87. The van der Waals surface area contributed by atoms with E-state index < -0.39 is 5.97 Å². The third kappa shape index (κ3) is 5.64. The minimum absolute atomic E-state index is 0.0330. The predicted molar refractivity (Wildman–Crippen MR) is 138 cm³/mol. The Balaban J connectivity index is 1.62. The molecule has 35 heavy (non-hydrogen) atoms. The summed E-state index contributed by atoms with van der Waals surface area (Å²) in [7, 11) is 0. The molecule has 3 aromatic rings. The zero-order valence-corrected chi connectivity index (χ0v) is 21.0. The van der Waals surface area contributed by atoms with Crippen LogP contribution in [0.15, 0.2) is 72.8 Å². The largest absolute Gasteiger partial charge is 0.478 e. The molecule has 0 fully saturated rings. The van der Waals surface area contributed by atoms with Crippen molar-refractivity contribution < 1.29 is 19.4 Å². The van der Waals surface area contributed by atoms with Crippen LogP contribution in [0.2, 0.25) is 0 Å². The normalized spacial score (nSPS) is 16.7. The number of fused-ring (bicyclic) bond motifs is 1. The minimum Gasteiger partial charge on any atom is -0.478 e. The van der Waals surface area contributed by atoms with Crippen molar-refractivity contribution >= 4 is 11.9 Å². The van der Waals surface area contributed by atoms with Crippen molar-refractivity contribution in [1.29, 1.82) is 0 Å². The maximum absolute atomic E-state index is 13.0. The molecule has 1 unspecified atom stereocenters. The topological polar surface area (TPSA) is 63.6 Å². The summed E-state index contributed by atoms with van der Waals surface area (Å²) in [6, 6.07) is 22.9. The lowest BCUT2D eigenvalue weighted by molar-refractivity contribution is -0.134. The summed E-state index contributed by atoms with van der Waals surface area (Å²) < 4.78 is 5.59. The first kappa shape index (κ1) is 24.7. The number of carbonyl (C=O) groups excluding carboxylic acids is 1. The van der Waals surface area contributed by atoms with Crippen molar-refractivity contribution in [2.75, 3.05) is 0 Å². The Bertz CT molecular complexity index is 1210. The summed E-state index contributed by atoms with van der Waals surface area (Å²) >= 11 is 0. The van der Waals surface area contributed by atoms with Crippen molar-refractivity contribution in [2.24, 2.45) is 0 Å². The highest BCUT2D eigenvalue weighted by atomic mass is 16.5. The smallest absolute Gasteiger partial charge is 0.335 e. The van der Waals surface area contributed by atoms with Crippen LogP contribution in [0.1, 0.15) is 85.5 Å². The fourth-order valence-electron chi connectivity index (χ4n) is 5.11. The highest BCUT2D eigenvalue weighted by Gasteiger charge is 2.37. The van der Waals surface area contributed by atoms with E-state index in [0.29, 0.717) is 5.75 Å². The van der Waals surface area contributed by atoms with Gasteiger partial charge in [-0.05, 0) is 82.5 Å². The summed E-state index contributed by atoms with van der Waals surface area (Å²) in [5.74, 6) is -1.02. The van der Waals surface area contributed by atoms with Crippen molar-refractivity contribution in [3.63, 3.8) is 0 Å². The maximum atomic E-state index is 13.0. The molecule has 4 heteroatoms. The second-order valence-electron chi connectivity index (χ2n) is 11.0. The Morgan fingerprint density at radius 1 is 0.857 bits per heavy atom. The molecule has 182 valence electrons. The lowest BCUT2D eigenvalue weighted by atomic mass is 9.62. The predicted octanol–water partition coefficient (Wildman–Crippen LogP) is 7.06. The lowest BCUT2D eigenvalue weighted by Crippen LogP contribution is -2.34. The van der Waals surface area contributed by atoms with Gasteiger partial charge in [0.2, 0.25) is 0 Å². The molecule has 0 spiro atoms. The SMILES string of the molecule is CC1(C)CCC(C)(C)c2cc(C(CC(=O)Oc3ccc(C(=O)O)cc3)Cc3ccccc3)ccc21. The van der Waals surface area contributed by atoms with Crippen LogP contribution in [0.3, 0.4) is 0 Å². The summed E-state index contributed by atoms with van der Waals surface area (Å²) in [4.78, 5) is 24.1. The number of hydrogen-bond acceptors (Lipinski definition) is 3. The molecule has 1 aliphatic rings. The number of carbonyl (C=O) groups is 2. The van der Waals surface area contributed by atoms with Gasteiger partial charge in [0.25, 0.3) is 0 Å². The molecule has 0 radical (unpaired) electrons. The van der Waals surface area contributed by atoms with E-state index in [2.05, 4.69) is 58.0 Å². The van der Waals surface area contributed by atoms with Gasteiger partial charge in [-0.15, -0.1) is 0 Å². The fraction of sp³-hybridized carbons (Fsp3) is 0.355. The van der Waals surface area contributed by atoms with E-state index in [4.69, 9.17) is 9.84 Å². The lowest BCUT2D eigenvalue weighted by Gasteiger charge is -2.42. The van der Waals surface area contributed by atoms with E-state index >= 15 is 0 Å². The second-order valence-corrected chi connectivity index (χ2v) is 11.0. The standard InChI is InChI=1S/C31H34O4/c1-30(2)16-17-31(3,4)27-19-23(12-15-26(27)30)24(18-21-8-6-5-7-9-21)20-28(32)35-25-13-10-22(11-14-25)29(33)34/h5-15,19,24H,16-18,20H2,1-4H3,(H,33,34). The Morgan fingerprint density at radius 3 is 2.11 bits per heavy atom. The van der Waals surface area contributed by atoms with Gasteiger partial charge in [0.1, 0.15) is 5.75 Å². The van der Waals surface area contributed by atoms with Gasteiger partial charge in [0, 0.05) is 0 Å². The zero-order chi connectivity index (χ0) is 25.2. The number of aromatic carboxylic acids is 1. The Hall–Kier alpha value is -3.40. The van der Waals surface area contributed by atoms with Crippen LogP contribution in [-0.4, -0.2) is 17.0 Å². The summed E-state index contributed by atoms with van der Waals surface area (Å²) in [5, 5.41) is 9.09. The van der Waals surface area contributed by atoms with Crippen LogP contribution < -0.4 is 4.74 Å². The first-order valence-electron chi connectivity index (χ1n) is 12.3. The molecule has 4 rings (SSSR count). The van der Waals surface area contributed by atoms with E-state index in [1.54, 1.807) is 0 Å². The van der Waals surface area contributed by atoms with E-state index in [-0.39, 0.29) is 34.7 Å². The first-order valence-corrected chi connectivity index (χ1v) is 12.3. The number of carboxylic acids is 1. The van der Waals surface area contributed by atoms with Crippen LogP contribution >= 0.6 is 0 Å². The van der Waals surface area contributed by atoms with E-state index in [1.165, 1.54) is 41.0 Å². The molecule has 0 saturated heterocycles. The number of ether oxygens (including phenoxy) is 1. The number of esters is 1. The quantitative estimate of drug-likeness (QED) is 0.297. The highest BCUT2D eigenvalue weighted by Crippen LogP contribution is 2.46. The molecule has 3 aromatic carbocycles. The molecule has 1 aliphatic carbocycles. The van der Waals surface area contributed by atoms with Gasteiger partial charge in [0.05, 0.1) is 12.0 Å². The molecule has 0 bridgehead atoms. The number of benzene rings is 3. The minimum atomic E-state index is -1.01. The molecule has 0 aromatic heterocycles. The van der Waals surface area contributed by atoms with Crippen LogP contribution in [-0.2, 0) is 22.0 Å². The van der Waals surface area contributed by atoms with Crippen molar-refractivity contribution in [3.8, 4) is 5.75 Å². The number of rotatable bonds is 7. The van der Waals surface area contributed by atoms with Crippen LogP contribution in [0.25, 0.3) is 0 Å². The molecule has 1 N–H and O–H groups in total. The van der Waals surface area contributed by atoms with Crippen molar-refractivity contribution in [2.45, 2.75) is 70.1 Å². The van der Waals surface area contributed by atoms with E-state index in [0.717, 1.165) is 24.8 Å². The van der Waals surface area contributed by atoms with Crippen molar-refractivity contribution in [3.05, 3.63) is 101 Å². The Labute approximate surface area is 208 Å². The van der Waals surface area contributed by atoms with Gasteiger partial charge in [-0.3, -0.25) is 4.79 Å². The first-order chi connectivity index (χ1) is 16.5. The fourth-order valence-corrected chi connectivity index (χ4v) is 5.11. The number of hydrogen-bond donors (Lipinski definition) is 1. The molecule has 0 heterocycles. The molecular formula is C31H34O4. The molecule has 4 nitrogen and oxygen atoms in total. The third-order valence-electron chi connectivity index (χ3n) is 7.42. The van der Waals surface area contributed by atoms with Gasteiger partial charge in [-0.1, -0.05) is 76.2 Å². The van der Waals surface area contributed by atoms with Crippen LogP contribution in [0.4, 0.5) is 0 Å². The maximum Gasteiger partial charge on any atom is 0.335 e. The summed E-state index contributed by atoms with van der Waals surface area (Å²) in [6.07, 6.45) is 3.26.